The molecular weight excluding hydrogens is 176 g/mol. The molecule has 0 N–H and O–H groups in total. The Morgan fingerprint density at radius 3 is 2.71 bits per heavy atom. The van der Waals surface area contributed by atoms with Gasteiger partial charge in [0.15, 0.2) is 5.78 Å². The summed E-state index contributed by atoms with van der Waals surface area (Å²) < 4.78 is 5.90. The first-order chi connectivity index (χ1) is 6.79. The van der Waals surface area contributed by atoms with Crippen molar-refractivity contribution < 1.29 is 9.53 Å². The maximum absolute atomic E-state index is 11.8. The zero-order valence-electron chi connectivity index (χ0n) is 7.95. The lowest BCUT2D eigenvalue weighted by Gasteiger charge is -2.44. The van der Waals surface area contributed by atoms with Gasteiger partial charge in [0, 0.05) is 0 Å². The summed E-state index contributed by atoms with van der Waals surface area (Å²) in [6.07, 6.45) is 3.83. The third-order valence-corrected chi connectivity index (χ3v) is 3.26. The Hall–Kier alpha value is -1.31. The molecule has 1 aliphatic heterocycles. The molecule has 1 fully saturated rings. The van der Waals surface area contributed by atoms with E-state index in [1.165, 1.54) is 6.42 Å². The first-order valence-corrected chi connectivity index (χ1v) is 5.10. The van der Waals surface area contributed by atoms with Gasteiger partial charge in [-0.05, 0) is 31.4 Å². The lowest BCUT2D eigenvalue weighted by atomic mass is 9.74. The molecule has 2 aliphatic rings. The highest BCUT2D eigenvalue weighted by molar-refractivity contribution is 6.00. The van der Waals surface area contributed by atoms with Crippen LogP contribution in [0.25, 0.3) is 0 Å². The van der Waals surface area contributed by atoms with Crippen molar-refractivity contribution in [1.29, 1.82) is 0 Å². The number of para-hydroxylation sites is 1. The molecule has 3 rings (SSSR count). The van der Waals surface area contributed by atoms with E-state index in [2.05, 4.69) is 0 Å². The lowest BCUT2D eigenvalue weighted by molar-refractivity contribution is -0.0177. The van der Waals surface area contributed by atoms with E-state index < -0.39 is 0 Å². The molecule has 1 aliphatic carbocycles. The Morgan fingerprint density at radius 1 is 1.21 bits per heavy atom. The number of carbonyl (C=O) groups excluding carboxylic acids is 1. The fraction of sp³-hybridized carbons (Fsp3) is 0.417. The van der Waals surface area contributed by atoms with Gasteiger partial charge in [-0.15, -0.1) is 0 Å². The van der Waals surface area contributed by atoms with Crippen LogP contribution in [0.2, 0.25) is 0 Å². The van der Waals surface area contributed by atoms with Gasteiger partial charge in [0.1, 0.15) is 11.4 Å². The summed E-state index contributed by atoms with van der Waals surface area (Å²) in [6.45, 7) is 0. The van der Waals surface area contributed by atoms with Gasteiger partial charge in [-0.1, -0.05) is 12.1 Å². The zero-order valence-corrected chi connectivity index (χ0v) is 7.95. The van der Waals surface area contributed by atoms with E-state index in [1.54, 1.807) is 0 Å². The molecular formula is C12H12O2. The minimum atomic E-state index is -0.133. The number of hydrogen-bond acceptors (Lipinski definition) is 2. The van der Waals surface area contributed by atoms with Crippen molar-refractivity contribution >= 4 is 5.78 Å². The number of hydrogen-bond donors (Lipinski definition) is 0. The van der Waals surface area contributed by atoms with Crippen LogP contribution in [0, 0.1) is 0 Å². The van der Waals surface area contributed by atoms with E-state index in [-0.39, 0.29) is 11.4 Å². The largest absolute Gasteiger partial charge is 0.486 e. The third kappa shape index (κ3) is 0.999. The van der Waals surface area contributed by atoms with E-state index >= 15 is 0 Å². The Kier molecular flexibility index (Phi) is 1.49. The molecule has 0 radical (unpaired) electrons. The highest BCUT2D eigenvalue weighted by Gasteiger charge is 2.44. The minimum absolute atomic E-state index is 0.133. The maximum Gasteiger partial charge on any atom is 0.170 e. The monoisotopic (exact) mass is 188 g/mol. The summed E-state index contributed by atoms with van der Waals surface area (Å²) in [5.74, 6) is 1.02. The van der Waals surface area contributed by atoms with Gasteiger partial charge in [0.2, 0.25) is 0 Å². The molecule has 72 valence electrons. The van der Waals surface area contributed by atoms with Gasteiger partial charge in [0.25, 0.3) is 0 Å². The van der Waals surface area contributed by atoms with Crippen LogP contribution in [0.4, 0.5) is 0 Å². The number of ether oxygens (including phenoxy) is 1. The summed E-state index contributed by atoms with van der Waals surface area (Å²) in [4.78, 5) is 11.8. The van der Waals surface area contributed by atoms with Crippen molar-refractivity contribution in [2.75, 3.05) is 0 Å². The van der Waals surface area contributed by atoms with Crippen molar-refractivity contribution in [1.82, 2.24) is 0 Å². The van der Waals surface area contributed by atoms with Crippen LogP contribution in [0.15, 0.2) is 24.3 Å². The normalized spacial score (nSPS) is 22.4. The first-order valence-electron chi connectivity index (χ1n) is 5.10. The number of carbonyl (C=O) groups is 1. The highest BCUT2D eigenvalue weighted by Crippen LogP contribution is 2.44. The topological polar surface area (TPSA) is 26.3 Å². The molecule has 14 heavy (non-hydrogen) atoms. The van der Waals surface area contributed by atoms with E-state index in [4.69, 9.17) is 4.74 Å². The van der Waals surface area contributed by atoms with Crippen LogP contribution in [-0.2, 0) is 0 Å². The van der Waals surface area contributed by atoms with Crippen LogP contribution in [-0.4, -0.2) is 11.4 Å². The molecule has 1 spiro atoms. The van der Waals surface area contributed by atoms with Gasteiger partial charge in [0.05, 0.1) is 12.0 Å². The smallest absolute Gasteiger partial charge is 0.170 e. The van der Waals surface area contributed by atoms with Crippen LogP contribution in [0.1, 0.15) is 36.0 Å². The molecule has 2 heteroatoms. The van der Waals surface area contributed by atoms with E-state index in [0.29, 0.717) is 6.42 Å². The van der Waals surface area contributed by atoms with Crippen molar-refractivity contribution in [2.24, 2.45) is 0 Å². The molecule has 0 aromatic heterocycles. The second kappa shape index (κ2) is 2.59. The third-order valence-electron chi connectivity index (χ3n) is 3.26. The van der Waals surface area contributed by atoms with Crippen LogP contribution < -0.4 is 4.74 Å². The lowest BCUT2D eigenvalue weighted by Crippen LogP contribution is -2.47. The first kappa shape index (κ1) is 8.04. The standard InChI is InChI=1S/C12H12O2/c13-10-8-12(6-3-7-12)14-11-5-2-1-4-9(10)11/h1-2,4-5H,3,6-8H2. The van der Waals surface area contributed by atoms with Crippen LogP contribution in [0.3, 0.4) is 0 Å². The van der Waals surface area contributed by atoms with E-state index in [1.807, 2.05) is 24.3 Å². The molecule has 1 aromatic carbocycles. The predicted octanol–water partition coefficient (Wildman–Crippen LogP) is 2.57. The Bertz CT molecular complexity index is 391. The molecule has 0 amide bonds. The van der Waals surface area contributed by atoms with Crippen LogP contribution >= 0.6 is 0 Å². The van der Waals surface area contributed by atoms with E-state index in [9.17, 15) is 4.79 Å². The van der Waals surface area contributed by atoms with Gasteiger partial charge >= 0.3 is 0 Å². The average Bonchev–Trinajstić information content (AvgIpc) is 2.15. The highest BCUT2D eigenvalue weighted by atomic mass is 16.5. The molecule has 0 bridgehead atoms. The van der Waals surface area contributed by atoms with Gasteiger partial charge < -0.3 is 4.74 Å². The number of ketones is 1. The van der Waals surface area contributed by atoms with Crippen molar-refractivity contribution in [3.63, 3.8) is 0 Å². The predicted molar refractivity (Wildman–Crippen MR) is 52.6 cm³/mol. The summed E-state index contributed by atoms with van der Waals surface area (Å²) in [5.41, 5.74) is 0.621. The van der Waals surface area contributed by atoms with Crippen molar-refractivity contribution in [2.45, 2.75) is 31.3 Å². The quantitative estimate of drug-likeness (QED) is 0.625. The fourth-order valence-electron chi connectivity index (χ4n) is 2.29. The number of rotatable bonds is 0. The van der Waals surface area contributed by atoms with Gasteiger partial charge in [-0.25, -0.2) is 0 Å². The Labute approximate surface area is 82.9 Å². The van der Waals surface area contributed by atoms with Crippen molar-refractivity contribution in [3.05, 3.63) is 29.8 Å². The van der Waals surface area contributed by atoms with Crippen LogP contribution in [0.5, 0.6) is 5.75 Å². The number of Topliss-reactive ketones (excluding diaryl/α,β-unsaturated/α-hetero) is 1. The van der Waals surface area contributed by atoms with Gasteiger partial charge in [-0.3, -0.25) is 4.79 Å². The minimum Gasteiger partial charge on any atom is -0.486 e. The zero-order chi connectivity index (χ0) is 9.60. The Balaban J connectivity index is 2.04. The van der Waals surface area contributed by atoms with Crippen molar-refractivity contribution in [3.8, 4) is 5.75 Å². The molecule has 2 nitrogen and oxygen atoms in total. The van der Waals surface area contributed by atoms with E-state index in [0.717, 1.165) is 24.2 Å². The Morgan fingerprint density at radius 2 is 2.00 bits per heavy atom. The summed E-state index contributed by atoms with van der Waals surface area (Å²) in [7, 11) is 0. The molecule has 0 saturated heterocycles. The second-order valence-electron chi connectivity index (χ2n) is 4.23. The second-order valence-corrected chi connectivity index (χ2v) is 4.23. The fourth-order valence-corrected chi connectivity index (χ4v) is 2.29. The number of benzene rings is 1. The maximum atomic E-state index is 11.8. The summed E-state index contributed by atoms with van der Waals surface area (Å²) in [5, 5.41) is 0. The summed E-state index contributed by atoms with van der Waals surface area (Å²) in [6, 6.07) is 7.55. The van der Waals surface area contributed by atoms with Gasteiger partial charge in [-0.2, -0.15) is 0 Å². The molecule has 1 aromatic rings. The molecule has 0 unspecified atom stereocenters. The average molecular weight is 188 g/mol. The SMILES string of the molecule is O=C1CC2(CCC2)Oc2ccccc21. The number of fused-ring (bicyclic) bond motifs is 1. The molecule has 1 saturated carbocycles. The molecule has 1 heterocycles. The molecule has 0 atom stereocenters. The summed E-state index contributed by atoms with van der Waals surface area (Å²) >= 11 is 0.